The van der Waals surface area contributed by atoms with Gasteiger partial charge in [0.1, 0.15) is 0 Å². The highest BCUT2D eigenvalue weighted by Gasteiger charge is 2.26. The van der Waals surface area contributed by atoms with Crippen LogP contribution >= 0.6 is 0 Å². The van der Waals surface area contributed by atoms with Crippen LogP contribution in [0.3, 0.4) is 0 Å². The molecule has 1 aliphatic rings. The molecule has 1 unspecified atom stereocenters. The second-order valence-electron chi connectivity index (χ2n) is 5.14. The molecule has 1 aromatic rings. The molecule has 0 aromatic heterocycles. The predicted molar refractivity (Wildman–Crippen MR) is 72.1 cm³/mol. The van der Waals surface area contributed by atoms with Gasteiger partial charge in [-0.05, 0) is 45.5 Å². The molecule has 0 bridgehead atoms. The molecule has 0 radical (unpaired) electrons. The minimum atomic E-state index is -3.39. The van der Waals surface area contributed by atoms with Crippen molar-refractivity contribution < 1.29 is 8.42 Å². The van der Waals surface area contributed by atoms with Crippen LogP contribution in [0.15, 0.2) is 23.1 Å². The molecule has 0 spiro atoms. The van der Waals surface area contributed by atoms with E-state index in [4.69, 9.17) is 0 Å². The quantitative estimate of drug-likeness (QED) is 0.898. The average molecular weight is 268 g/mol. The number of nitrogens with zero attached hydrogens (tertiary/aromatic N) is 1. The molecule has 0 saturated carbocycles. The molecule has 1 fully saturated rings. The van der Waals surface area contributed by atoms with Gasteiger partial charge in [-0.25, -0.2) is 13.1 Å². The molecule has 1 heterocycles. The highest BCUT2D eigenvalue weighted by molar-refractivity contribution is 7.89. The molecule has 1 aromatic carbocycles. The van der Waals surface area contributed by atoms with Crippen molar-refractivity contribution in [2.75, 3.05) is 20.1 Å². The second-order valence-corrected chi connectivity index (χ2v) is 6.82. The molecule has 0 amide bonds. The summed E-state index contributed by atoms with van der Waals surface area (Å²) in [7, 11) is -1.39. The first-order valence-corrected chi connectivity index (χ1v) is 7.65. The number of hydrogen-bond donors (Lipinski definition) is 1. The van der Waals surface area contributed by atoms with Crippen molar-refractivity contribution in [3.8, 4) is 0 Å². The number of benzene rings is 1. The first-order chi connectivity index (χ1) is 8.38. The van der Waals surface area contributed by atoms with E-state index in [1.807, 2.05) is 33.0 Å². The van der Waals surface area contributed by atoms with Gasteiger partial charge in [-0.15, -0.1) is 0 Å². The van der Waals surface area contributed by atoms with Crippen molar-refractivity contribution in [3.63, 3.8) is 0 Å². The van der Waals surface area contributed by atoms with Gasteiger partial charge in [0.05, 0.1) is 4.90 Å². The maximum atomic E-state index is 12.3. The van der Waals surface area contributed by atoms with E-state index in [0.717, 1.165) is 30.6 Å². The van der Waals surface area contributed by atoms with Crippen molar-refractivity contribution in [1.82, 2.24) is 9.62 Å². The van der Waals surface area contributed by atoms with Gasteiger partial charge in [-0.3, -0.25) is 0 Å². The predicted octanol–water partition coefficient (Wildman–Crippen LogP) is 1.29. The van der Waals surface area contributed by atoms with Crippen LogP contribution in [-0.4, -0.2) is 39.5 Å². The average Bonchev–Trinajstić information content (AvgIpc) is 2.62. The Labute approximate surface area is 109 Å². The zero-order valence-corrected chi connectivity index (χ0v) is 11.9. The number of sulfonamides is 1. The Balaban J connectivity index is 2.20. The highest BCUT2D eigenvalue weighted by Crippen LogP contribution is 2.18. The number of hydrogen-bond acceptors (Lipinski definition) is 3. The third-order valence-corrected chi connectivity index (χ3v) is 5.01. The largest absolute Gasteiger partial charge is 0.305 e. The molecular weight excluding hydrogens is 248 g/mol. The summed E-state index contributed by atoms with van der Waals surface area (Å²) >= 11 is 0. The van der Waals surface area contributed by atoms with Crippen molar-refractivity contribution >= 4 is 10.0 Å². The third-order valence-electron chi connectivity index (χ3n) is 3.33. The van der Waals surface area contributed by atoms with Gasteiger partial charge in [0.25, 0.3) is 0 Å². The van der Waals surface area contributed by atoms with E-state index in [1.54, 1.807) is 6.07 Å². The number of nitrogens with one attached hydrogen (secondary N) is 1. The van der Waals surface area contributed by atoms with Crippen LogP contribution in [0.4, 0.5) is 0 Å². The van der Waals surface area contributed by atoms with Gasteiger partial charge in [0.15, 0.2) is 0 Å². The molecule has 5 heteroatoms. The maximum Gasteiger partial charge on any atom is 0.241 e. The number of likely N-dealkylation sites (tertiary alicyclic amines) is 1. The van der Waals surface area contributed by atoms with Crippen LogP contribution in [-0.2, 0) is 10.0 Å². The van der Waals surface area contributed by atoms with Crippen molar-refractivity contribution in [2.24, 2.45) is 0 Å². The van der Waals surface area contributed by atoms with Crippen LogP contribution < -0.4 is 4.72 Å². The van der Waals surface area contributed by atoms with Gasteiger partial charge in [0, 0.05) is 12.6 Å². The first-order valence-electron chi connectivity index (χ1n) is 6.16. The lowest BCUT2D eigenvalue weighted by atomic mass is 10.2. The number of aryl methyl sites for hydroxylation is 2. The molecule has 1 atom stereocenters. The van der Waals surface area contributed by atoms with Gasteiger partial charge in [-0.1, -0.05) is 17.7 Å². The second kappa shape index (κ2) is 4.99. The van der Waals surface area contributed by atoms with E-state index in [2.05, 4.69) is 9.62 Å². The number of likely N-dealkylation sites (N-methyl/N-ethyl adjacent to an activating group) is 1. The summed E-state index contributed by atoms with van der Waals surface area (Å²) in [5.41, 5.74) is 1.88. The summed E-state index contributed by atoms with van der Waals surface area (Å²) in [6, 6.07) is 5.45. The first kappa shape index (κ1) is 13.5. The Kier molecular flexibility index (Phi) is 3.75. The van der Waals surface area contributed by atoms with Crippen LogP contribution in [0.5, 0.6) is 0 Å². The molecule has 1 saturated heterocycles. The summed E-state index contributed by atoms with van der Waals surface area (Å²) in [6.07, 6.45) is 0.876. The molecule has 2 rings (SSSR count). The molecule has 18 heavy (non-hydrogen) atoms. The van der Waals surface area contributed by atoms with Gasteiger partial charge >= 0.3 is 0 Å². The normalized spacial score (nSPS) is 21.4. The Morgan fingerprint density at radius 3 is 2.61 bits per heavy atom. The minimum absolute atomic E-state index is 0.0284. The SMILES string of the molecule is Cc1ccc(S(=O)(=O)NC2CCN(C)C2)c(C)c1. The Morgan fingerprint density at radius 2 is 2.06 bits per heavy atom. The van der Waals surface area contributed by atoms with Crippen LogP contribution in [0, 0.1) is 13.8 Å². The van der Waals surface area contributed by atoms with E-state index >= 15 is 0 Å². The minimum Gasteiger partial charge on any atom is -0.305 e. The summed E-state index contributed by atoms with van der Waals surface area (Å²) in [5.74, 6) is 0. The highest BCUT2D eigenvalue weighted by atomic mass is 32.2. The van der Waals surface area contributed by atoms with Crippen molar-refractivity contribution in [2.45, 2.75) is 31.2 Å². The van der Waals surface area contributed by atoms with Crippen LogP contribution in [0.25, 0.3) is 0 Å². The molecular formula is C13H20N2O2S. The van der Waals surface area contributed by atoms with Gasteiger partial charge < -0.3 is 4.90 Å². The lowest BCUT2D eigenvalue weighted by molar-refractivity contribution is 0.407. The van der Waals surface area contributed by atoms with Gasteiger partial charge in [0.2, 0.25) is 10.0 Å². The van der Waals surface area contributed by atoms with Crippen molar-refractivity contribution in [3.05, 3.63) is 29.3 Å². The van der Waals surface area contributed by atoms with E-state index in [9.17, 15) is 8.42 Å². The van der Waals surface area contributed by atoms with E-state index in [-0.39, 0.29) is 6.04 Å². The fourth-order valence-corrected chi connectivity index (χ4v) is 3.90. The fourth-order valence-electron chi connectivity index (χ4n) is 2.41. The Bertz CT molecular complexity index is 540. The number of rotatable bonds is 3. The zero-order valence-electron chi connectivity index (χ0n) is 11.1. The zero-order chi connectivity index (χ0) is 13.3. The lowest BCUT2D eigenvalue weighted by Crippen LogP contribution is -2.36. The topological polar surface area (TPSA) is 49.4 Å². The van der Waals surface area contributed by atoms with E-state index in [0.29, 0.717) is 4.90 Å². The molecule has 1 N–H and O–H groups in total. The van der Waals surface area contributed by atoms with Crippen LogP contribution in [0.2, 0.25) is 0 Å². The maximum absolute atomic E-state index is 12.3. The van der Waals surface area contributed by atoms with Crippen molar-refractivity contribution in [1.29, 1.82) is 0 Å². The van der Waals surface area contributed by atoms with E-state index in [1.165, 1.54) is 0 Å². The fraction of sp³-hybridized carbons (Fsp3) is 0.538. The third kappa shape index (κ3) is 2.91. The van der Waals surface area contributed by atoms with Gasteiger partial charge in [-0.2, -0.15) is 0 Å². The monoisotopic (exact) mass is 268 g/mol. The molecule has 100 valence electrons. The smallest absolute Gasteiger partial charge is 0.241 e. The molecule has 4 nitrogen and oxygen atoms in total. The Hall–Kier alpha value is -0.910. The summed E-state index contributed by atoms with van der Waals surface area (Å²) in [4.78, 5) is 2.53. The summed E-state index contributed by atoms with van der Waals surface area (Å²) in [6.45, 7) is 5.52. The Morgan fingerprint density at radius 1 is 1.33 bits per heavy atom. The summed E-state index contributed by atoms with van der Waals surface area (Å²) in [5, 5.41) is 0. The van der Waals surface area contributed by atoms with E-state index < -0.39 is 10.0 Å². The molecule has 1 aliphatic heterocycles. The standard InChI is InChI=1S/C13H20N2O2S/c1-10-4-5-13(11(2)8-10)18(16,17)14-12-6-7-15(3)9-12/h4-5,8,12,14H,6-7,9H2,1-3H3. The molecule has 0 aliphatic carbocycles. The lowest BCUT2D eigenvalue weighted by Gasteiger charge is -2.15. The van der Waals surface area contributed by atoms with Crippen LogP contribution in [0.1, 0.15) is 17.5 Å². The summed E-state index contributed by atoms with van der Waals surface area (Å²) < 4.78 is 27.4.